The number of aryl methyl sites for hydroxylation is 1. The number of hydrogen-bond donors (Lipinski definition) is 1. The second-order valence-corrected chi connectivity index (χ2v) is 5.14. The maximum Gasteiger partial charge on any atom is 0.254 e. The van der Waals surface area contributed by atoms with E-state index in [0.29, 0.717) is 0 Å². The van der Waals surface area contributed by atoms with Gasteiger partial charge in [-0.1, -0.05) is 6.92 Å². The van der Waals surface area contributed by atoms with Crippen LogP contribution in [0.4, 0.5) is 5.82 Å². The van der Waals surface area contributed by atoms with Gasteiger partial charge < -0.3 is 15.1 Å². The first-order valence-electron chi connectivity index (χ1n) is 7.38. The van der Waals surface area contributed by atoms with Crippen molar-refractivity contribution >= 4 is 11.7 Å². The molecule has 1 aliphatic rings. The predicted octanol–water partition coefficient (Wildman–Crippen LogP) is 1.60. The maximum atomic E-state index is 12.6. The molecule has 1 aromatic rings. The second kappa shape index (κ2) is 6.70. The van der Waals surface area contributed by atoms with Crippen LogP contribution in [0, 0.1) is 6.92 Å². The Morgan fingerprint density at radius 2 is 1.95 bits per heavy atom. The lowest BCUT2D eigenvalue weighted by atomic mass is 10.1. The van der Waals surface area contributed by atoms with Crippen LogP contribution in [0.25, 0.3) is 0 Å². The third-order valence-electron chi connectivity index (χ3n) is 3.66. The summed E-state index contributed by atoms with van der Waals surface area (Å²) in [6.45, 7) is 11.5. The van der Waals surface area contributed by atoms with E-state index in [9.17, 15) is 4.79 Å². The Bertz CT molecular complexity index is 467. The average molecular weight is 276 g/mol. The van der Waals surface area contributed by atoms with Crippen LogP contribution in [0.15, 0.2) is 12.1 Å². The van der Waals surface area contributed by atoms with Crippen molar-refractivity contribution in [3.05, 3.63) is 23.4 Å². The molecule has 1 fully saturated rings. The molecule has 5 nitrogen and oxygen atoms in total. The van der Waals surface area contributed by atoms with Crippen LogP contribution < -0.4 is 5.32 Å². The van der Waals surface area contributed by atoms with E-state index in [1.54, 1.807) is 0 Å². The molecule has 1 amide bonds. The predicted molar refractivity (Wildman–Crippen MR) is 81.2 cm³/mol. The lowest BCUT2D eigenvalue weighted by molar-refractivity contribution is 0.0643. The van der Waals surface area contributed by atoms with Crippen molar-refractivity contribution in [3.63, 3.8) is 0 Å². The Labute approximate surface area is 121 Å². The van der Waals surface area contributed by atoms with Gasteiger partial charge in [0.05, 0.1) is 0 Å². The molecule has 1 N–H and O–H groups in total. The summed E-state index contributed by atoms with van der Waals surface area (Å²) in [7, 11) is 0. The van der Waals surface area contributed by atoms with Crippen molar-refractivity contribution < 1.29 is 4.79 Å². The molecule has 0 radical (unpaired) electrons. The van der Waals surface area contributed by atoms with Gasteiger partial charge >= 0.3 is 0 Å². The number of carbonyl (C=O) groups excluding carboxylic acids is 1. The standard InChI is InChI=1S/C15H24N4O/c1-4-16-14-11-13(10-12(3)17-14)15(20)19-8-6-18(5-2)7-9-19/h10-11H,4-9H2,1-3H3,(H,16,17). The fourth-order valence-corrected chi connectivity index (χ4v) is 2.51. The van der Waals surface area contributed by atoms with Gasteiger partial charge in [-0.2, -0.15) is 0 Å². The summed E-state index contributed by atoms with van der Waals surface area (Å²) in [5.74, 6) is 0.897. The first-order chi connectivity index (χ1) is 9.63. The molecule has 0 spiro atoms. The highest BCUT2D eigenvalue weighted by Crippen LogP contribution is 2.14. The molecule has 1 aliphatic heterocycles. The molecule has 110 valence electrons. The van der Waals surface area contributed by atoms with Gasteiger partial charge in [0.1, 0.15) is 5.82 Å². The molecule has 0 saturated carbocycles. The third kappa shape index (κ3) is 3.48. The van der Waals surface area contributed by atoms with Crippen molar-refractivity contribution in [1.82, 2.24) is 14.8 Å². The number of nitrogens with one attached hydrogen (secondary N) is 1. The van der Waals surface area contributed by atoms with Crippen molar-refractivity contribution in [1.29, 1.82) is 0 Å². The number of piperazine rings is 1. The minimum Gasteiger partial charge on any atom is -0.370 e. The highest BCUT2D eigenvalue weighted by molar-refractivity contribution is 5.95. The van der Waals surface area contributed by atoms with Gasteiger partial charge in [0.25, 0.3) is 5.91 Å². The number of rotatable bonds is 4. The number of pyridine rings is 1. The molecular formula is C15H24N4O. The van der Waals surface area contributed by atoms with Crippen molar-refractivity contribution in [2.45, 2.75) is 20.8 Å². The number of nitrogens with zero attached hydrogens (tertiary/aromatic N) is 3. The van der Waals surface area contributed by atoms with Gasteiger partial charge in [0.15, 0.2) is 0 Å². The van der Waals surface area contributed by atoms with Crippen LogP contribution in [0.1, 0.15) is 29.9 Å². The fraction of sp³-hybridized carbons (Fsp3) is 0.600. The Hall–Kier alpha value is -1.62. The van der Waals surface area contributed by atoms with Crippen LogP contribution in [-0.2, 0) is 0 Å². The smallest absolute Gasteiger partial charge is 0.254 e. The maximum absolute atomic E-state index is 12.6. The first kappa shape index (κ1) is 14.8. The molecule has 1 aromatic heterocycles. The molecule has 0 unspecified atom stereocenters. The van der Waals surface area contributed by atoms with Gasteiger partial charge in [-0.25, -0.2) is 4.98 Å². The monoisotopic (exact) mass is 276 g/mol. The SMILES string of the molecule is CCNc1cc(C(=O)N2CCN(CC)CC2)cc(C)n1. The summed E-state index contributed by atoms with van der Waals surface area (Å²) in [6.07, 6.45) is 0. The lowest BCUT2D eigenvalue weighted by Gasteiger charge is -2.34. The van der Waals surface area contributed by atoms with Gasteiger partial charge in [-0.05, 0) is 32.5 Å². The number of carbonyl (C=O) groups is 1. The van der Waals surface area contributed by atoms with Crippen molar-refractivity contribution in [2.24, 2.45) is 0 Å². The van der Waals surface area contributed by atoms with E-state index in [2.05, 4.69) is 22.1 Å². The minimum absolute atomic E-state index is 0.116. The topological polar surface area (TPSA) is 48.5 Å². The van der Waals surface area contributed by atoms with Crippen molar-refractivity contribution in [2.75, 3.05) is 44.6 Å². The Balaban J connectivity index is 2.09. The molecule has 20 heavy (non-hydrogen) atoms. The molecule has 0 atom stereocenters. The molecular weight excluding hydrogens is 252 g/mol. The lowest BCUT2D eigenvalue weighted by Crippen LogP contribution is -2.48. The molecule has 0 bridgehead atoms. The molecule has 1 saturated heterocycles. The van der Waals surface area contributed by atoms with Crippen LogP contribution in [0.3, 0.4) is 0 Å². The summed E-state index contributed by atoms with van der Waals surface area (Å²) < 4.78 is 0. The zero-order valence-corrected chi connectivity index (χ0v) is 12.6. The number of hydrogen-bond acceptors (Lipinski definition) is 4. The Morgan fingerprint density at radius 3 is 2.55 bits per heavy atom. The van der Waals surface area contributed by atoms with E-state index < -0.39 is 0 Å². The quantitative estimate of drug-likeness (QED) is 0.907. The van der Waals surface area contributed by atoms with E-state index in [4.69, 9.17) is 0 Å². The summed E-state index contributed by atoms with van der Waals surface area (Å²) in [4.78, 5) is 21.2. The molecule has 2 rings (SSSR count). The van der Waals surface area contributed by atoms with Gasteiger partial charge in [-0.3, -0.25) is 4.79 Å². The van der Waals surface area contributed by atoms with Crippen LogP contribution >= 0.6 is 0 Å². The third-order valence-corrected chi connectivity index (χ3v) is 3.66. The number of amides is 1. The number of anilines is 1. The van der Waals surface area contributed by atoms with E-state index in [1.807, 2.05) is 30.9 Å². The highest BCUT2D eigenvalue weighted by atomic mass is 16.2. The molecule has 0 aromatic carbocycles. The normalized spacial score (nSPS) is 16.2. The number of aromatic nitrogens is 1. The van der Waals surface area contributed by atoms with E-state index in [0.717, 1.165) is 56.3 Å². The molecule has 0 aliphatic carbocycles. The number of likely N-dealkylation sites (N-methyl/N-ethyl adjacent to an activating group) is 1. The second-order valence-electron chi connectivity index (χ2n) is 5.14. The van der Waals surface area contributed by atoms with Crippen LogP contribution in [0.2, 0.25) is 0 Å². The fourth-order valence-electron chi connectivity index (χ4n) is 2.51. The van der Waals surface area contributed by atoms with Crippen LogP contribution in [-0.4, -0.2) is 60.0 Å². The minimum atomic E-state index is 0.116. The first-order valence-corrected chi connectivity index (χ1v) is 7.38. The van der Waals surface area contributed by atoms with Crippen LogP contribution in [0.5, 0.6) is 0 Å². The Kier molecular flexibility index (Phi) is 4.95. The van der Waals surface area contributed by atoms with Gasteiger partial charge in [0.2, 0.25) is 0 Å². The summed E-state index contributed by atoms with van der Waals surface area (Å²) in [6, 6.07) is 3.72. The summed E-state index contributed by atoms with van der Waals surface area (Å²) in [5, 5.41) is 3.17. The van der Waals surface area contributed by atoms with E-state index >= 15 is 0 Å². The van der Waals surface area contributed by atoms with E-state index in [-0.39, 0.29) is 5.91 Å². The molecule has 2 heterocycles. The average Bonchev–Trinajstić information content (AvgIpc) is 2.46. The van der Waals surface area contributed by atoms with Gasteiger partial charge in [0, 0.05) is 44.0 Å². The zero-order valence-electron chi connectivity index (χ0n) is 12.6. The highest BCUT2D eigenvalue weighted by Gasteiger charge is 2.21. The zero-order chi connectivity index (χ0) is 14.5. The van der Waals surface area contributed by atoms with Crippen molar-refractivity contribution in [3.8, 4) is 0 Å². The Morgan fingerprint density at radius 1 is 1.25 bits per heavy atom. The summed E-state index contributed by atoms with van der Waals surface area (Å²) >= 11 is 0. The van der Waals surface area contributed by atoms with E-state index in [1.165, 1.54) is 0 Å². The van der Waals surface area contributed by atoms with Gasteiger partial charge in [-0.15, -0.1) is 0 Å². The molecule has 5 heteroatoms. The largest absolute Gasteiger partial charge is 0.370 e. The summed E-state index contributed by atoms with van der Waals surface area (Å²) in [5.41, 5.74) is 1.61.